The highest BCUT2D eigenvalue weighted by Gasteiger charge is 2.18. The van der Waals surface area contributed by atoms with Crippen LogP contribution in [0.15, 0.2) is 42.5 Å². The molecule has 0 aromatic heterocycles. The number of hydrogen-bond donors (Lipinski definition) is 2. The summed E-state index contributed by atoms with van der Waals surface area (Å²) in [7, 11) is 0. The van der Waals surface area contributed by atoms with Gasteiger partial charge in [0.1, 0.15) is 0 Å². The zero-order valence-corrected chi connectivity index (χ0v) is 12.4. The average Bonchev–Trinajstić information content (AvgIpc) is 2.50. The van der Waals surface area contributed by atoms with Gasteiger partial charge in [0.2, 0.25) is 0 Å². The fourth-order valence-corrected chi connectivity index (χ4v) is 2.43. The molecular formula is C17H19NO4. The SMILES string of the molecule is CC(CN(CCC(=O)O)c1cccc2ccccc12)C(=O)O. The monoisotopic (exact) mass is 301 g/mol. The molecule has 0 bridgehead atoms. The van der Waals surface area contributed by atoms with Gasteiger partial charge in [0, 0.05) is 24.2 Å². The molecule has 2 N–H and O–H groups in total. The largest absolute Gasteiger partial charge is 0.481 e. The van der Waals surface area contributed by atoms with E-state index in [1.54, 1.807) is 6.92 Å². The lowest BCUT2D eigenvalue weighted by Gasteiger charge is -2.27. The van der Waals surface area contributed by atoms with E-state index in [1.165, 1.54) is 0 Å². The fourth-order valence-electron chi connectivity index (χ4n) is 2.43. The summed E-state index contributed by atoms with van der Waals surface area (Å²) in [4.78, 5) is 23.8. The molecule has 0 saturated carbocycles. The van der Waals surface area contributed by atoms with E-state index in [-0.39, 0.29) is 19.5 Å². The number of carbonyl (C=O) groups is 2. The molecule has 0 aliphatic rings. The molecular weight excluding hydrogens is 282 g/mol. The summed E-state index contributed by atoms with van der Waals surface area (Å²) in [5, 5.41) is 20.1. The first kappa shape index (κ1) is 15.8. The van der Waals surface area contributed by atoms with E-state index in [9.17, 15) is 9.59 Å². The van der Waals surface area contributed by atoms with Gasteiger partial charge < -0.3 is 15.1 Å². The van der Waals surface area contributed by atoms with Gasteiger partial charge in [0.25, 0.3) is 0 Å². The van der Waals surface area contributed by atoms with E-state index >= 15 is 0 Å². The van der Waals surface area contributed by atoms with Crippen LogP contribution in [0.1, 0.15) is 13.3 Å². The van der Waals surface area contributed by atoms with Crippen molar-refractivity contribution in [3.8, 4) is 0 Å². The van der Waals surface area contributed by atoms with E-state index in [4.69, 9.17) is 10.2 Å². The van der Waals surface area contributed by atoms with Crippen molar-refractivity contribution >= 4 is 28.4 Å². The molecule has 0 aliphatic carbocycles. The summed E-state index contributed by atoms with van der Waals surface area (Å²) >= 11 is 0. The molecule has 2 aromatic rings. The van der Waals surface area contributed by atoms with Crippen molar-refractivity contribution in [2.45, 2.75) is 13.3 Å². The summed E-state index contributed by atoms with van der Waals surface area (Å²) in [5.74, 6) is -2.36. The highest BCUT2D eigenvalue weighted by Crippen LogP contribution is 2.27. The smallest absolute Gasteiger partial charge is 0.308 e. The van der Waals surface area contributed by atoms with Gasteiger partial charge in [-0.3, -0.25) is 9.59 Å². The molecule has 116 valence electrons. The van der Waals surface area contributed by atoms with Gasteiger partial charge in [0.15, 0.2) is 0 Å². The maximum atomic E-state index is 11.1. The van der Waals surface area contributed by atoms with Crippen molar-refractivity contribution in [2.24, 2.45) is 5.92 Å². The van der Waals surface area contributed by atoms with Crippen LogP contribution in [0.4, 0.5) is 5.69 Å². The normalized spacial score (nSPS) is 12.0. The fraction of sp³-hybridized carbons (Fsp3) is 0.294. The molecule has 0 saturated heterocycles. The van der Waals surface area contributed by atoms with E-state index in [0.29, 0.717) is 0 Å². The van der Waals surface area contributed by atoms with Gasteiger partial charge in [-0.1, -0.05) is 43.3 Å². The first-order valence-corrected chi connectivity index (χ1v) is 7.16. The zero-order valence-electron chi connectivity index (χ0n) is 12.4. The predicted octanol–water partition coefficient (Wildman–Crippen LogP) is 2.84. The number of nitrogens with zero attached hydrogens (tertiary/aromatic N) is 1. The van der Waals surface area contributed by atoms with Crippen molar-refractivity contribution in [3.63, 3.8) is 0 Å². The third-order valence-corrected chi connectivity index (χ3v) is 3.62. The third-order valence-electron chi connectivity index (χ3n) is 3.62. The maximum absolute atomic E-state index is 11.1. The lowest BCUT2D eigenvalue weighted by atomic mass is 10.1. The summed E-state index contributed by atoms with van der Waals surface area (Å²) in [6.45, 7) is 2.18. The van der Waals surface area contributed by atoms with Crippen LogP contribution in [0.3, 0.4) is 0 Å². The Balaban J connectivity index is 2.37. The maximum Gasteiger partial charge on any atom is 0.308 e. The van der Waals surface area contributed by atoms with E-state index in [2.05, 4.69) is 0 Å². The lowest BCUT2D eigenvalue weighted by Crippen LogP contribution is -2.33. The van der Waals surface area contributed by atoms with Crippen molar-refractivity contribution in [1.82, 2.24) is 0 Å². The van der Waals surface area contributed by atoms with E-state index in [1.807, 2.05) is 47.4 Å². The Bertz CT molecular complexity index is 678. The number of rotatable bonds is 7. The molecule has 0 heterocycles. The third kappa shape index (κ3) is 3.75. The second-order valence-electron chi connectivity index (χ2n) is 5.33. The van der Waals surface area contributed by atoms with Gasteiger partial charge >= 0.3 is 11.9 Å². The predicted molar refractivity (Wildman–Crippen MR) is 85.2 cm³/mol. The number of fused-ring (bicyclic) bond motifs is 1. The molecule has 0 radical (unpaired) electrons. The van der Waals surface area contributed by atoms with Crippen LogP contribution < -0.4 is 4.90 Å². The number of anilines is 1. The molecule has 0 spiro atoms. The van der Waals surface area contributed by atoms with Crippen molar-refractivity contribution in [3.05, 3.63) is 42.5 Å². The van der Waals surface area contributed by atoms with Crippen LogP contribution in [0, 0.1) is 5.92 Å². The topological polar surface area (TPSA) is 77.8 Å². The van der Waals surface area contributed by atoms with Crippen molar-refractivity contribution in [2.75, 3.05) is 18.0 Å². The number of benzene rings is 2. The van der Waals surface area contributed by atoms with Gasteiger partial charge in [0.05, 0.1) is 12.3 Å². The highest BCUT2D eigenvalue weighted by molar-refractivity contribution is 5.94. The van der Waals surface area contributed by atoms with Crippen LogP contribution in [0.2, 0.25) is 0 Å². The van der Waals surface area contributed by atoms with Gasteiger partial charge in [-0.25, -0.2) is 0 Å². The van der Waals surface area contributed by atoms with Gasteiger partial charge in [-0.2, -0.15) is 0 Å². The van der Waals surface area contributed by atoms with Gasteiger partial charge in [-0.15, -0.1) is 0 Å². The number of hydrogen-bond acceptors (Lipinski definition) is 3. The molecule has 22 heavy (non-hydrogen) atoms. The van der Waals surface area contributed by atoms with Crippen LogP contribution in [-0.2, 0) is 9.59 Å². The molecule has 0 fully saturated rings. The van der Waals surface area contributed by atoms with Crippen LogP contribution in [-0.4, -0.2) is 35.2 Å². The summed E-state index contributed by atoms with van der Waals surface area (Å²) in [5.41, 5.74) is 0.868. The zero-order chi connectivity index (χ0) is 16.1. The number of carboxylic acid groups (broad SMARTS) is 2. The molecule has 2 rings (SSSR count). The molecule has 0 aliphatic heterocycles. The Morgan fingerprint density at radius 3 is 2.45 bits per heavy atom. The molecule has 2 aromatic carbocycles. The molecule has 1 atom stereocenters. The van der Waals surface area contributed by atoms with E-state index < -0.39 is 17.9 Å². The Morgan fingerprint density at radius 2 is 1.77 bits per heavy atom. The van der Waals surface area contributed by atoms with Crippen LogP contribution in [0.5, 0.6) is 0 Å². The minimum absolute atomic E-state index is 0.0322. The first-order chi connectivity index (χ1) is 10.5. The van der Waals surface area contributed by atoms with Crippen molar-refractivity contribution in [1.29, 1.82) is 0 Å². The second kappa shape index (κ2) is 6.93. The van der Waals surface area contributed by atoms with E-state index in [0.717, 1.165) is 16.5 Å². The Kier molecular flexibility index (Phi) is 4.99. The summed E-state index contributed by atoms with van der Waals surface area (Å²) < 4.78 is 0. The van der Waals surface area contributed by atoms with Gasteiger partial charge in [-0.05, 0) is 11.5 Å². The van der Waals surface area contributed by atoms with Crippen molar-refractivity contribution < 1.29 is 19.8 Å². The molecule has 1 unspecified atom stereocenters. The molecule has 0 amide bonds. The average molecular weight is 301 g/mol. The second-order valence-corrected chi connectivity index (χ2v) is 5.33. The van der Waals surface area contributed by atoms with Crippen LogP contribution in [0.25, 0.3) is 10.8 Å². The minimum Gasteiger partial charge on any atom is -0.481 e. The Labute approximate surface area is 128 Å². The summed E-state index contributed by atoms with van der Waals surface area (Å²) in [6.07, 6.45) is -0.0322. The summed E-state index contributed by atoms with van der Waals surface area (Å²) in [6, 6.07) is 13.6. The van der Waals surface area contributed by atoms with Crippen LogP contribution >= 0.6 is 0 Å². The Morgan fingerprint density at radius 1 is 1.09 bits per heavy atom. The minimum atomic E-state index is -0.895. The number of aliphatic carboxylic acids is 2. The highest BCUT2D eigenvalue weighted by atomic mass is 16.4. The molecule has 5 heteroatoms. The quantitative estimate of drug-likeness (QED) is 0.822. The lowest BCUT2D eigenvalue weighted by molar-refractivity contribution is -0.140. The standard InChI is InChI=1S/C17H19NO4/c1-12(17(21)22)11-18(10-9-16(19)20)15-8-4-6-13-5-2-3-7-14(13)15/h2-8,12H,9-11H2,1H3,(H,19,20)(H,21,22). The Hall–Kier alpha value is -2.56. The molecule has 5 nitrogen and oxygen atoms in total. The number of carboxylic acids is 2. The first-order valence-electron chi connectivity index (χ1n) is 7.16.